The van der Waals surface area contributed by atoms with E-state index in [0.29, 0.717) is 23.4 Å². The summed E-state index contributed by atoms with van der Waals surface area (Å²) in [5.41, 5.74) is 3.41. The minimum atomic E-state index is -0.178. The molecule has 1 aliphatic carbocycles. The average molecular weight is 499 g/mol. The summed E-state index contributed by atoms with van der Waals surface area (Å²) in [6.07, 6.45) is 4.90. The van der Waals surface area contributed by atoms with Crippen LogP contribution in [-0.2, 0) is 11.2 Å². The number of nitrogens with one attached hydrogen (secondary N) is 1. The summed E-state index contributed by atoms with van der Waals surface area (Å²) in [7, 11) is 0. The highest BCUT2D eigenvalue weighted by molar-refractivity contribution is 6.04. The van der Waals surface area contributed by atoms with E-state index in [-0.39, 0.29) is 23.5 Å². The topological polar surface area (TPSA) is 68.3 Å². The molecule has 0 bridgehead atoms. The highest BCUT2D eigenvalue weighted by Crippen LogP contribution is 2.48. The van der Waals surface area contributed by atoms with Gasteiger partial charge in [0, 0.05) is 41.4 Å². The smallest absolute Gasteiger partial charge is 0.255 e. The molecule has 0 radical (unpaired) electrons. The van der Waals surface area contributed by atoms with Crippen LogP contribution in [0.5, 0.6) is 11.5 Å². The van der Waals surface area contributed by atoms with Crippen molar-refractivity contribution in [1.82, 2.24) is 4.98 Å². The van der Waals surface area contributed by atoms with E-state index in [1.54, 1.807) is 6.20 Å². The van der Waals surface area contributed by atoms with Gasteiger partial charge in [0.1, 0.15) is 17.3 Å². The number of ether oxygens (including phenoxy) is 1. The van der Waals surface area contributed by atoms with E-state index in [0.717, 1.165) is 34.1 Å². The van der Waals surface area contributed by atoms with Gasteiger partial charge >= 0.3 is 0 Å². The van der Waals surface area contributed by atoms with Gasteiger partial charge in [-0.15, -0.1) is 0 Å². The van der Waals surface area contributed by atoms with Crippen molar-refractivity contribution in [2.75, 3.05) is 5.32 Å². The van der Waals surface area contributed by atoms with Crippen molar-refractivity contribution in [3.8, 4) is 11.5 Å². The minimum Gasteiger partial charge on any atom is -0.457 e. The molecule has 6 rings (SSSR count). The fourth-order valence-electron chi connectivity index (χ4n) is 4.81. The molecule has 0 aliphatic heterocycles. The van der Waals surface area contributed by atoms with Crippen LogP contribution < -0.4 is 10.1 Å². The molecule has 1 fully saturated rings. The predicted molar refractivity (Wildman–Crippen MR) is 149 cm³/mol. The molecule has 38 heavy (non-hydrogen) atoms. The standard InChI is InChI=1S/C33H26N2O3/c36-32(19-22-6-7-26-21-34-17-16-25(26)18-22)31-20-30(31)23-8-10-24(11-9-23)33(37)35-27-12-14-29(15-13-27)38-28-4-2-1-3-5-28/h1-18,21,30-31H,19-20H2,(H,35,37). The van der Waals surface area contributed by atoms with Crippen molar-refractivity contribution in [1.29, 1.82) is 0 Å². The lowest BCUT2D eigenvalue weighted by Gasteiger charge is -2.09. The van der Waals surface area contributed by atoms with E-state index in [9.17, 15) is 9.59 Å². The van der Waals surface area contributed by atoms with Crippen molar-refractivity contribution in [2.24, 2.45) is 5.92 Å². The predicted octanol–water partition coefficient (Wildman–Crippen LogP) is 7.19. The second kappa shape index (κ2) is 10.3. The molecule has 1 N–H and O–H groups in total. The monoisotopic (exact) mass is 498 g/mol. The molecule has 2 atom stereocenters. The molecule has 1 aromatic heterocycles. The summed E-state index contributed by atoms with van der Waals surface area (Å²) < 4.78 is 5.80. The van der Waals surface area contributed by atoms with Crippen LogP contribution in [0.3, 0.4) is 0 Å². The van der Waals surface area contributed by atoms with E-state index in [1.807, 2.05) is 103 Å². The van der Waals surface area contributed by atoms with Gasteiger partial charge in [-0.1, -0.05) is 48.5 Å². The molecule has 2 unspecified atom stereocenters. The van der Waals surface area contributed by atoms with Gasteiger partial charge in [-0.2, -0.15) is 0 Å². The molecular formula is C33H26N2O3. The van der Waals surface area contributed by atoms with E-state index in [4.69, 9.17) is 4.74 Å². The quantitative estimate of drug-likeness (QED) is 0.246. The molecule has 5 nitrogen and oxygen atoms in total. The highest BCUT2D eigenvalue weighted by Gasteiger charge is 2.43. The number of Topliss-reactive ketones (excluding diaryl/α,β-unsaturated/α-hetero) is 1. The Hall–Kier alpha value is -4.77. The van der Waals surface area contributed by atoms with Gasteiger partial charge in [0.05, 0.1) is 0 Å². The number of carbonyl (C=O) groups excluding carboxylic acids is 2. The van der Waals surface area contributed by atoms with Crippen LogP contribution in [0.1, 0.15) is 33.8 Å². The Morgan fingerprint density at radius 1 is 0.816 bits per heavy atom. The van der Waals surface area contributed by atoms with E-state index in [1.165, 1.54) is 0 Å². The normalized spacial score (nSPS) is 16.1. The maximum atomic E-state index is 12.9. The Morgan fingerprint density at radius 2 is 1.58 bits per heavy atom. The van der Waals surface area contributed by atoms with Crippen LogP contribution in [-0.4, -0.2) is 16.7 Å². The van der Waals surface area contributed by atoms with E-state index >= 15 is 0 Å². The number of para-hydroxylation sites is 1. The molecule has 1 heterocycles. The number of ketones is 1. The Bertz CT molecular complexity index is 1600. The number of nitrogens with zero attached hydrogens (tertiary/aromatic N) is 1. The molecule has 5 heteroatoms. The fraction of sp³-hybridized carbons (Fsp3) is 0.121. The second-order valence-corrected chi connectivity index (χ2v) is 9.66. The summed E-state index contributed by atoms with van der Waals surface area (Å²) in [6.45, 7) is 0. The van der Waals surface area contributed by atoms with Crippen LogP contribution in [0.4, 0.5) is 5.69 Å². The highest BCUT2D eigenvalue weighted by atomic mass is 16.5. The van der Waals surface area contributed by atoms with Crippen LogP contribution in [0.2, 0.25) is 0 Å². The molecule has 186 valence electrons. The third-order valence-electron chi connectivity index (χ3n) is 6.98. The molecule has 5 aromatic rings. The van der Waals surface area contributed by atoms with Crippen molar-refractivity contribution in [3.05, 3.63) is 132 Å². The zero-order valence-corrected chi connectivity index (χ0v) is 20.7. The van der Waals surface area contributed by atoms with Gasteiger partial charge in [-0.3, -0.25) is 14.6 Å². The molecule has 0 spiro atoms. The number of pyridine rings is 1. The van der Waals surface area contributed by atoms with Gasteiger partial charge in [0.2, 0.25) is 0 Å². The maximum Gasteiger partial charge on any atom is 0.255 e. The van der Waals surface area contributed by atoms with Gasteiger partial charge in [-0.05, 0) is 83.4 Å². The van der Waals surface area contributed by atoms with E-state index < -0.39 is 0 Å². The van der Waals surface area contributed by atoms with Crippen molar-refractivity contribution >= 4 is 28.2 Å². The van der Waals surface area contributed by atoms with E-state index in [2.05, 4.69) is 16.4 Å². The lowest BCUT2D eigenvalue weighted by Crippen LogP contribution is -2.11. The minimum absolute atomic E-state index is 0.0411. The number of amides is 1. The second-order valence-electron chi connectivity index (χ2n) is 9.66. The molecule has 1 saturated carbocycles. The number of hydrogen-bond acceptors (Lipinski definition) is 4. The summed E-state index contributed by atoms with van der Waals surface area (Å²) in [4.78, 5) is 29.8. The largest absolute Gasteiger partial charge is 0.457 e. The number of anilines is 1. The first-order valence-electron chi connectivity index (χ1n) is 12.7. The molecule has 1 amide bonds. The Kier molecular flexibility index (Phi) is 6.40. The van der Waals surface area contributed by atoms with Crippen LogP contribution in [0.15, 0.2) is 116 Å². The number of hydrogen-bond donors (Lipinski definition) is 1. The summed E-state index contributed by atoms with van der Waals surface area (Å²) >= 11 is 0. The summed E-state index contributed by atoms with van der Waals surface area (Å²) in [6, 6.07) is 32.5. The lowest BCUT2D eigenvalue weighted by molar-refractivity contribution is -0.119. The van der Waals surface area contributed by atoms with Gasteiger partial charge in [-0.25, -0.2) is 0 Å². The maximum absolute atomic E-state index is 12.9. The van der Waals surface area contributed by atoms with Gasteiger partial charge in [0.25, 0.3) is 5.91 Å². The molecular weight excluding hydrogens is 472 g/mol. The van der Waals surface area contributed by atoms with Crippen LogP contribution in [0, 0.1) is 5.92 Å². The van der Waals surface area contributed by atoms with Gasteiger partial charge < -0.3 is 10.1 Å². The van der Waals surface area contributed by atoms with Crippen LogP contribution >= 0.6 is 0 Å². The third-order valence-corrected chi connectivity index (χ3v) is 6.98. The zero-order valence-electron chi connectivity index (χ0n) is 20.7. The number of aromatic nitrogens is 1. The SMILES string of the molecule is O=C(Nc1ccc(Oc2ccccc2)cc1)c1ccc(C2CC2C(=O)Cc2ccc3cnccc3c2)cc1. The third kappa shape index (κ3) is 5.32. The Balaban J connectivity index is 1.03. The first-order valence-corrected chi connectivity index (χ1v) is 12.7. The zero-order chi connectivity index (χ0) is 25.9. The van der Waals surface area contributed by atoms with Crippen molar-refractivity contribution in [2.45, 2.75) is 18.8 Å². The molecule has 0 saturated heterocycles. The van der Waals surface area contributed by atoms with Crippen molar-refractivity contribution < 1.29 is 14.3 Å². The van der Waals surface area contributed by atoms with Crippen molar-refractivity contribution in [3.63, 3.8) is 0 Å². The van der Waals surface area contributed by atoms with Gasteiger partial charge in [0.15, 0.2) is 0 Å². The first kappa shape index (κ1) is 23.6. The van der Waals surface area contributed by atoms with Crippen LogP contribution in [0.25, 0.3) is 10.8 Å². The average Bonchev–Trinajstić information content (AvgIpc) is 3.76. The summed E-state index contributed by atoms with van der Waals surface area (Å²) in [5, 5.41) is 5.10. The first-order chi connectivity index (χ1) is 18.6. The Morgan fingerprint density at radius 3 is 2.37 bits per heavy atom. The number of rotatable bonds is 8. The fourth-order valence-corrected chi connectivity index (χ4v) is 4.81. The number of fused-ring (bicyclic) bond motifs is 1. The molecule has 4 aromatic carbocycles. The Labute approximate surface area is 221 Å². The summed E-state index contributed by atoms with van der Waals surface area (Å²) in [5.74, 6) is 1.81. The molecule has 1 aliphatic rings. The lowest BCUT2D eigenvalue weighted by atomic mass is 10.00. The number of carbonyl (C=O) groups is 2. The number of benzene rings is 4.